The van der Waals surface area contributed by atoms with Crippen molar-refractivity contribution in [3.63, 3.8) is 0 Å². The predicted octanol–water partition coefficient (Wildman–Crippen LogP) is 4.21. The van der Waals surface area contributed by atoms with Crippen LogP contribution < -0.4 is 21.4 Å². The summed E-state index contributed by atoms with van der Waals surface area (Å²) in [6, 6.07) is 15.4. The molecule has 4 atom stereocenters. The zero-order chi connectivity index (χ0) is 45.3. The summed E-state index contributed by atoms with van der Waals surface area (Å²) in [5.41, 5.74) is 0.613. The summed E-state index contributed by atoms with van der Waals surface area (Å²) in [4.78, 5) is 57.5. The fraction of sp³-hybridized carbons (Fsp3) is 0.447. The van der Waals surface area contributed by atoms with Crippen molar-refractivity contribution in [2.75, 3.05) is 20.8 Å². The van der Waals surface area contributed by atoms with E-state index in [2.05, 4.69) is 25.8 Å². The Hall–Kier alpha value is -5.01. The number of hydrogen-bond donors (Lipinski definition) is 5. The summed E-state index contributed by atoms with van der Waals surface area (Å²) < 4.78 is 83.0. The van der Waals surface area contributed by atoms with Crippen LogP contribution in [0.4, 0.5) is 9.59 Å². The van der Waals surface area contributed by atoms with Gasteiger partial charge in [-0.3, -0.25) is 20.0 Å². The zero-order valence-corrected chi connectivity index (χ0v) is 29.2. The van der Waals surface area contributed by atoms with Gasteiger partial charge in [0.15, 0.2) is 0 Å². The maximum Gasteiger partial charge on any atom is 0.407 e. The third-order valence-electron chi connectivity index (χ3n) is 7.77. The molecule has 1 aromatic heterocycles. The number of methoxy groups -OCH3 is 2. The molecule has 0 aliphatic heterocycles. The topological polar surface area (TPSA) is 171 Å². The van der Waals surface area contributed by atoms with Gasteiger partial charge in [-0.05, 0) is 40.5 Å². The SMILES string of the molecule is [2H]C([2H])([2H])C([C@H](NC(=O)OC)C(=O)N[C@@H](Cc1ccccc1)[C@@H](O)CN(Cc1ccc(-c2ccccn2)cc1)NC(=O)[C@@H](NC(=O)OC)C(C)(C)C)(C([2H])([2H])[2H])C([2H])([2H])[2H]. The van der Waals surface area contributed by atoms with E-state index in [0.29, 0.717) is 16.8 Å². The molecule has 0 fully saturated rings. The number of benzene rings is 2. The summed E-state index contributed by atoms with van der Waals surface area (Å²) in [6.45, 7) is -7.21. The highest BCUT2D eigenvalue weighted by Gasteiger charge is 2.37. The van der Waals surface area contributed by atoms with Gasteiger partial charge in [-0.1, -0.05) is 102 Å². The molecule has 0 spiro atoms. The molecule has 0 aliphatic rings. The van der Waals surface area contributed by atoms with E-state index >= 15 is 0 Å². The Labute approximate surface area is 313 Å². The molecule has 276 valence electrons. The average Bonchev–Trinajstić information content (AvgIpc) is 3.15. The first-order valence-electron chi connectivity index (χ1n) is 20.5. The molecule has 0 unspecified atom stereocenters. The van der Waals surface area contributed by atoms with Crippen molar-refractivity contribution in [2.24, 2.45) is 10.8 Å². The third-order valence-corrected chi connectivity index (χ3v) is 7.77. The number of aromatic nitrogens is 1. The second kappa shape index (κ2) is 18.3. The Bertz CT molecular complexity index is 1860. The quantitative estimate of drug-likeness (QED) is 0.154. The normalized spacial score (nSPS) is 17.4. The molecule has 3 aromatic rings. The first kappa shape index (κ1) is 28.7. The molecule has 3 rings (SSSR count). The number of carbonyl (C=O) groups excluding carboxylic acids is 4. The van der Waals surface area contributed by atoms with E-state index in [4.69, 9.17) is 17.1 Å². The van der Waals surface area contributed by atoms with Gasteiger partial charge in [0, 0.05) is 37.2 Å². The number of hydrogen-bond acceptors (Lipinski definition) is 9. The maximum atomic E-state index is 14.3. The lowest BCUT2D eigenvalue weighted by Crippen LogP contribution is -2.60. The van der Waals surface area contributed by atoms with Crippen molar-refractivity contribution >= 4 is 24.0 Å². The Kier molecular flexibility index (Phi) is 10.3. The molecular formula is C38H52N6O7. The van der Waals surface area contributed by atoms with Gasteiger partial charge in [-0.2, -0.15) is 0 Å². The van der Waals surface area contributed by atoms with E-state index in [1.807, 2.05) is 17.4 Å². The van der Waals surface area contributed by atoms with Crippen LogP contribution in [0.2, 0.25) is 0 Å². The molecule has 0 saturated heterocycles. The fourth-order valence-electron chi connectivity index (χ4n) is 5.07. The number of alkyl carbamates (subject to hydrolysis) is 2. The van der Waals surface area contributed by atoms with Crippen molar-refractivity contribution < 1.29 is 46.1 Å². The van der Waals surface area contributed by atoms with E-state index < -0.39 is 86.2 Å². The summed E-state index contributed by atoms with van der Waals surface area (Å²) in [5, 5.41) is 20.1. The third kappa shape index (κ3) is 12.7. The van der Waals surface area contributed by atoms with E-state index in [1.54, 1.807) is 87.6 Å². The lowest BCUT2D eigenvalue weighted by atomic mass is 9.85. The number of ether oxygens (including phenoxy) is 2. The molecule has 2 aromatic carbocycles. The number of aliphatic hydroxyl groups excluding tert-OH is 1. The highest BCUT2D eigenvalue weighted by Crippen LogP contribution is 2.23. The first-order chi connectivity index (χ1) is 27.8. The molecule has 1 heterocycles. The number of nitrogens with zero attached hydrogens (tertiary/aromatic N) is 2. The standard InChI is InChI=1S/C38H52N6O7/c1-37(2,3)31(41-35(48)50-7)33(46)40-29(22-25-14-10-9-11-15-25)30(45)24-44(43-34(47)32(38(4,5)6)42-36(49)51-8)23-26-17-19-27(20-18-26)28-16-12-13-21-39-28/h9-21,29-32,45H,22-24H2,1-8H3,(H,40,46)(H,41,48)(H,42,49)(H,43,47)/t29-,30-,31+,32+/m0/s1/i1D3,2D3,3D3. The highest BCUT2D eigenvalue weighted by molar-refractivity contribution is 5.87. The summed E-state index contributed by atoms with van der Waals surface area (Å²) in [6.07, 6.45) is -2.64. The lowest BCUT2D eigenvalue weighted by molar-refractivity contribution is -0.132. The second-order valence-corrected chi connectivity index (χ2v) is 13.0. The van der Waals surface area contributed by atoms with E-state index in [0.717, 1.165) is 19.8 Å². The first-order valence-corrected chi connectivity index (χ1v) is 16.0. The van der Waals surface area contributed by atoms with Crippen LogP contribution in [-0.4, -0.2) is 84.1 Å². The van der Waals surface area contributed by atoms with Crippen LogP contribution in [0.15, 0.2) is 79.0 Å². The largest absolute Gasteiger partial charge is 0.453 e. The molecule has 51 heavy (non-hydrogen) atoms. The van der Waals surface area contributed by atoms with Gasteiger partial charge in [0.25, 0.3) is 5.91 Å². The fourth-order valence-corrected chi connectivity index (χ4v) is 5.07. The van der Waals surface area contributed by atoms with E-state index in [9.17, 15) is 24.3 Å². The molecule has 4 amide bonds. The molecule has 0 aliphatic carbocycles. The Balaban J connectivity index is 2.14. The molecule has 13 nitrogen and oxygen atoms in total. The van der Waals surface area contributed by atoms with Crippen LogP contribution in [0.1, 0.15) is 64.8 Å². The summed E-state index contributed by atoms with van der Waals surface area (Å²) in [7, 11) is 1.98. The number of carbonyl (C=O) groups is 4. The van der Waals surface area contributed by atoms with Crippen molar-refractivity contribution in [2.45, 2.75) is 78.5 Å². The van der Waals surface area contributed by atoms with E-state index in [-0.39, 0.29) is 13.0 Å². The van der Waals surface area contributed by atoms with Gasteiger partial charge in [-0.25, -0.2) is 14.6 Å². The molecule has 0 radical (unpaired) electrons. The number of aliphatic hydroxyl groups is 1. The summed E-state index contributed by atoms with van der Waals surface area (Å²) in [5.74, 6) is -2.28. The van der Waals surface area contributed by atoms with Gasteiger partial charge in [-0.15, -0.1) is 0 Å². The minimum absolute atomic E-state index is 0.0703. The molecule has 13 heteroatoms. The summed E-state index contributed by atoms with van der Waals surface area (Å²) >= 11 is 0. The number of pyridine rings is 1. The van der Waals surface area contributed by atoms with Gasteiger partial charge < -0.3 is 30.5 Å². The maximum absolute atomic E-state index is 14.3. The Morgan fingerprint density at radius 2 is 1.37 bits per heavy atom. The molecule has 0 saturated carbocycles. The van der Waals surface area contributed by atoms with Gasteiger partial charge >= 0.3 is 12.2 Å². The number of nitrogens with one attached hydrogen (secondary N) is 4. The van der Waals surface area contributed by atoms with Crippen LogP contribution in [0.25, 0.3) is 11.3 Å². The monoisotopic (exact) mass is 713 g/mol. The Morgan fingerprint density at radius 1 is 0.784 bits per heavy atom. The van der Waals surface area contributed by atoms with E-state index in [1.165, 1.54) is 5.01 Å². The molecular weight excluding hydrogens is 652 g/mol. The van der Waals surface area contributed by atoms with Gasteiger partial charge in [0.1, 0.15) is 12.1 Å². The van der Waals surface area contributed by atoms with Crippen LogP contribution in [0.3, 0.4) is 0 Å². The zero-order valence-electron chi connectivity index (χ0n) is 38.2. The lowest BCUT2D eigenvalue weighted by Gasteiger charge is -2.35. The number of rotatable bonds is 14. The van der Waals surface area contributed by atoms with Crippen LogP contribution in [0, 0.1) is 10.8 Å². The van der Waals surface area contributed by atoms with Gasteiger partial charge in [0.05, 0.1) is 32.1 Å². The van der Waals surface area contributed by atoms with Crippen molar-refractivity contribution in [3.8, 4) is 11.3 Å². The number of hydrazine groups is 1. The van der Waals surface area contributed by atoms with Crippen LogP contribution >= 0.6 is 0 Å². The van der Waals surface area contributed by atoms with Crippen LogP contribution in [-0.2, 0) is 32.0 Å². The molecule has 0 bridgehead atoms. The van der Waals surface area contributed by atoms with Crippen LogP contribution in [0.5, 0.6) is 0 Å². The Morgan fingerprint density at radius 3 is 1.90 bits per heavy atom. The minimum atomic E-state index is -3.92. The second-order valence-electron chi connectivity index (χ2n) is 13.0. The smallest absolute Gasteiger partial charge is 0.407 e. The van der Waals surface area contributed by atoms with Crippen molar-refractivity contribution in [1.29, 1.82) is 0 Å². The van der Waals surface area contributed by atoms with Gasteiger partial charge in [0.2, 0.25) is 5.91 Å². The highest BCUT2D eigenvalue weighted by atomic mass is 16.5. The average molecular weight is 714 g/mol. The minimum Gasteiger partial charge on any atom is -0.453 e. The van der Waals surface area contributed by atoms with Crippen molar-refractivity contribution in [3.05, 3.63) is 90.1 Å². The van der Waals surface area contributed by atoms with Crippen molar-refractivity contribution in [1.82, 2.24) is 31.4 Å². The predicted molar refractivity (Wildman–Crippen MR) is 194 cm³/mol. The molecule has 5 N–H and O–H groups in total. The number of amides is 4.